The lowest BCUT2D eigenvalue weighted by atomic mass is 10.1. The molecule has 304 valence electrons. The second kappa shape index (κ2) is 34.7. The van der Waals surface area contributed by atoms with Crippen LogP contribution in [0.2, 0.25) is 0 Å². The quantitative estimate of drug-likeness (QED) is 0.0892. The van der Waals surface area contributed by atoms with Crippen molar-refractivity contribution in [2.45, 2.75) is 124 Å². The molecule has 0 bridgehead atoms. The highest BCUT2D eigenvalue weighted by atomic mass is 16.5. The molecule has 0 aromatic rings. The van der Waals surface area contributed by atoms with Gasteiger partial charge in [0.05, 0.1) is 32.8 Å². The molecule has 0 rings (SSSR count). The van der Waals surface area contributed by atoms with E-state index in [4.69, 9.17) is 18.9 Å². The number of amides is 1. The van der Waals surface area contributed by atoms with Crippen LogP contribution < -0.4 is 5.32 Å². The van der Waals surface area contributed by atoms with Gasteiger partial charge in [0.15, 0.2) is 0 Å². The zero-order chi connectivity index (χ0) is 39.5. The summed E-state index contributed by atoms with van der Waals surface area (Å²) in [6, 6.07) is 0. The molecular weight excluding hydrogens is 688 g/mol. The van der Waals surface area contributed by atoms with Crippen molar-refractivity contribution < 1.29 is 57.3 Å². The standard InChI is InChI=1S/C39H66N2O12/c1-4-21-50-22-7-12-36(46)19-27-53-28-20-40-39(49)31-41(29-37(47)13-8-25-51-23-5-10-34(44)17-15-32(2)42)30-38(48)14-9-26-52-24-6-11-35(45)18-16-33(3)43/h4-31H2,1-3H3,(H,40,49). The lowest BCUT2D eigenvalue weighted by Crippen LogP contribution is -2.43. The predicted octanol–water partition coefficient (Wildman–Crippen LogP) is 3.76. The summed E-state index contributed by atoms with van der Waals surface area (Å²) >= 11 is 0. The van der Waals surface area contributed by atoms with Crippen molar-refractivity contribution in [3.63, 3.8) is 0 Å². The minimum Gasteiger partial charge on any atom is -0.381 e. The maximum atomic E-state index is 12.8. The van der Waals surface area contributed by atoms with E-state index < -0.39 is 0 Å². The summed E-state index contributed by atoms with van der Waals surface area (Å²) in [4.78, 5) is 97.3. The summed E-state index contributed by atoms with van der Waals surface area (Å²) in [5.41, 5.74) is 0. The summed E-state index contributed by atoms with van der Waals surface area (Å²) in [7, 11) is 0. The van der Waals surface area contributed by atoms with Crippen LogP contribution in [0, 0.1) is 0 Å². The van der Waals surface area contributed by atoms with Crippen molar-refractivity contribution >= 4 is 46.4 Å². The van der Waals surface area contributed by atoms with Crippen LogP contribution in [0.4, 0.5) is 0 Å². The number of rotatable bonds is 40. The Morgan fingerprint density at radius 3 is 1.21 bits per heavy atom. The third-order valence-electron chi connectivity index (χ3n) is 7.84. The second-order valence-electron chi connectivity index (χ2n) is 13.3. The largest absolute Gasteiger partial charge is 0.381 e. The van der Waals surface area contributed by atoms with Crippen molar-refractivity contribution in [2.75, 3.05) is 79.0 Å². The Morgan fingerprint density at radius 2 is 0.792 bits per heavy atom. The van der Waals surface area contributed by atoms with Gasteiger partial charge in [0.25, 0.3) is 0 Å². The monoisotopic (exact) mass is 754 g/mol. The number of hydrogen-bond donors (Lipinski definition) is 1. The van der Waals surface area contributed by atoms with Crippen molar-refractivity contribution in [1.29, 1.82) is 0 Å². The number of carbonyl (C=O) groups excluding carboxylic acids is 8. The molecule has 0 aliphatic heterocycles. The van der Waals surface area contributed by atoms with Crippen LogP contribution in [-0.2, 0) is 57.3 Å². The molecule has 14 nitrogen and oxygen atoms in total. The number of ketones is 7. The Labute approximate surface area is 316 Å². The second-order valence-corrected chi connectivity index (χ2v) is 13.3. The minimum absolute atomic E-state index is 0.0136. The summed E-state index contributed by atoms with van der Waals surface area (Å²) in [6.07, 6.45) is 6.43. The fourth-order valence-electron chi connectivity index (χ4n) is 4.95. The van der Waals surface area contributed by atoms with Gasteiger partial charge in [-0.3, -0.25) is 33.7 Å². The molecule has 0 fully saturated rings. The topological polar surface area (TPSA) is 189 Å². The summed E-state index contributed by atoms with van der Waals surface area (Å²) in [5.74, 6) is -0.522. The van der Waals surface area contributed by atoms with E-state index in [2.05, 4.69) is 5.32 Å². The number of nitrogens with one attached hydrogen (secondary N) is 1. The van der Waals surface area contributed by atoms with Crippen molar-refractivity contribution in [3.8, 4) is 0 Å². The number of carbonyl (C=O) groups is 8. The Kier molecular flexibility index (Phi) is 32.7. The third-order valence-corrected chi connectivity index (χ3v) is 7.84. The molecule has 1 amide bonds. The maximum Gasteiger partial charge on any atom is 0.234 e. The Hall–Kier alpha value is -3.04. The lowest BCUT2D eigenvalue weighted by Gasteiger charge is -2.20. The highest BCUT2D eigenvalue weighted by Crippen LogP contribution is 2.04. The average molecular weight is 755 g/mol. The van der Waals surface area contributed by atoms with Crippen LogP contribution in [0.3, 0.4) is 0 Å². The highest BCUT2D eigenvalue weighted by Gasteiger charge is 2.18. The minimum atomic E-state index is -0.361. The van der Waals surface area contributed by atoms with E-state index in [9.17, 15) is 38.4 Å². The Morgan fingerprint density at radius 1 is 0.415 bits per heavy atom. The molecule has 0 spiro atoms. The summed E-state index contributed by atoms with van der Waals surface area (Å²) in [5, 5.41) is 2.74. The van der Waals surface area contributed by atoms with Gasteiger partial charge in [0.1, 0.15) is 40.5 Å². The van der Waals surface area contributed by atoms with Crippen LogP contribution in [0.25, 0.3) is 0 Å². The smallest absolute Gasteiger partial charge is 0.234 e. The van der Waals surface area contributed by atoms with E-state index in [1.807, 2.05) is 6.92 Å². The number of ether oxygens (including phenoxy) is 4. The van der Waals surface area contributed by atoms with Crippen molar-refractivity contribution in [1.82, 2.24) is 10.2 Å². The number of hydrogen-bond acceptors (Lipinski definition) is 13. The normalized spacial score (nSPS) is 11.1. The highest BCUT2D eigenvalue weighted by molar-refractivity contribution is 5.86. The lowest BCUT2D eigenvalue weighted by molar-refractivity contribution is -0.127. The zero-order valence-corrected chi connectivity index (χ0v) is 32.6. The van der Waals surface area contributed by atoms with Crippen LogP contribution >= 0.6 is 0 Å². The van der Waals surface area contributed by atoms with Crippen molar-refractivity contribution in [2.24, 2.45) is 0 Å². The number of nitrogens with zero attached hydrogens (tertiary/aromatic N) is 1. The summed E-state index contributed by atoms with van der Waals surface area (Å²) < 4.78 is 21.9. The molecule has 0 radical (unpaired) electrons. The van der Waals surface area contributed by atoms with E-state index >= 15 is 0 Å². The number of Topliss-reactive ketones (excluding diaryl/α,β-unsaturated/α-hetero) is 7. The molecule has 0 heterocycles. The van der Waals surface area contributed by atoms with Crippen LogP contribution in [0.1, 0.15) is 124 Å². The van der Waals surface area contributed by atoms with Crippen LogP contribution in [0.15, 0.2) is 0 Å². The van der Waals surface area contributed by atoms with Gasteiger partial charge in [-0.2, -0.15) is 0 Å². The first-order chi connectivity index (χ1) is 25.4. The SMILES string of the molecule is CCCOCCCC(=O)CCOCCNC(=O)CN(CC(=O)CCCOCCCC(=O)CCC(C)=O)CC(=O)CCCOCCCC(=O)CCC(C)=O. The van der Waals surface area contributed by atoms with E-state index in [1.165, 1.54) is 18.7 Å². The van der Waals surface area contributed by atoms with Crippen LogP contribution in [-0.4, -0.2) is 130 Å². The fourth-order valence-corrected chi connectivity index (χ4v) is 4.95. The van der Waals surface area contributed by atoms with Crippen LogP contribution in [0.5, 0.6) is 0 Å². The van der Waals surface area contributed by atoms with E-state index in [1.54, 1.807) is 0 Å². The van der Waals surface area contributed by atoms with Gasteiger partial charge in [-0.1, -0.05) is 6.92 Å². The van der Waals surface area contributed by atoms with Gasteiger partial charge >= 0.3 is 0 Å². The first kappa shape index (κ1) is 50.0. The molecule has 53 heavy (non-hydrogen) atoms. The molecule has 0 aliphatic rings. The molecule has 0 saturated carbocycles. The molecule has 1 N–H and O–H groups in total. The molecule has 0 saturated heterocycles. The predicted molar refractivity (Wildman–Crippen MR) is 199 cm³/mol. The first-order valence-corrected chi connectivity index (χ1v) is 19.3. The molecular formula is C39H66N2O12. The molecule has 0 aliphatic carbocycles. The fraction of sp³-hybridized carbons (Fsp3) is 0.795. The van der Waals surface area contributed by atoms with Gasteiger partial charge in [-0.15, -0.1) is 0 Å². The Bertz CT molecular complexity index is 1040. The van der Waals surface area contributed by atoms with Crippen molar-refractivity contribution in [3.05, 3.63) is 0 Å². The van der Waals surface area contributed by atoms with E-state index in [0.717, 1.165) is 6.42 Å². The Balaban J connectivity index is 4.56. The first-order valence-electron chi connectivity index (χ1n) is 19.3. The molecule has 0 aromatic carbocycles. The third kappa shape index (κ3) is 35.7. The van der Waals surface area contributed by atoms with Gasteiger partial charge in [-0.05, 0) is 52.4 Å². The molecule has 14 heteroatoms. The average Bonchev–Trinajstić information content (AvgIpc) is 3.10. The van der Waals surface area contributed by atoms with Gasteiger partial charge in [0, 0.05) is 110 Å². The summed E-state index contributed by atoms with van der Waals surface area (Å²) in [6.45, 7) is 7.97. The zero-order valence-electron chi connectivity index (χ0n) is 32.6. The molecule has 0 atom stereocenters. The molecule has 0 unspecified atom stereocenters. The van der Waals surface area contributed by atoms with Gasteiger partial charge in [-0.25, -0.2) is 0 Å². The van der Waals surface area contributed by atoms with Gasteiger partial charge < -0.3 is 33.9 Å². The maximum absolute atomic E-state index is 12.8. The van der Waals surface area contributed by atoms with Gasteiger partial charge in [0.2, 0.25) is 5.91 Å². The van der Waals surface area contributed by atoms with E-state index in [-0.39, 0.29) is 124 Å². The van der Waals surface area contributed by atoms with E-state index in [0.29, 0.717) is 97.4 Å². The molecule has 0 aromatic heterocycles.